The molecule has 0 saturated carbocycles. The van der Waals surface area contributed by atoms with Gasteiger partial charge in [-0.05, 0) is 30.9 Å². The van der Waals surface area contributed by atoms with E-state index in [0.717, 1.165) is 11.1 Å². The summed E-state index contributed by atoms with van der Waals surface area (Å²) in [4.78, 5) is 53.1. The van der Waals surface area contributed by atoms with Crippen LogP contribution in [0.3, 0.4) is 0 Å². The Hall–Kier alpha value is -3.52. The van der Waals surface area contributed by atoms with Crippen LogP contribution in [-0.2, 0) is 31.1 Å². The number of rotatable bonds is 6. The van der Waals surface area contributed by atoms with Crippen LogP contribution in [-0.4, -0.2) is 46.3 Å². The second kappa shape index (κ2) is 7.81. The number of anilines is 1. The number of imide groups is 1. The monoisotopic (exact) mass is 447 g/mol. The van der Waals surface area contributed by atoms with Crippen molar-refractivity contribution >= 4 is 29.4 Å². The molecule has 8 nitrogen and oxygen atoms in total. The third kappa shape index (κ3) is 3.16. The molecule has 0 aliphatic carbocycles. The maximum atomic E-state index is 13.7. The Morgan fingerprint density at radius 3 is 2.55 bits per heavy atom. The molecule has 2 fully saturated rings. The summed E-state index contributed by atoms with van der Waals surface area (Å²) in [6, 6.07) is 14.5. The summed E-state index contributed by atoms with van der Waals surface area (Å²) in [6.07, 6.45) is 0.503. The highest BCUT2D eigenvalue weighted by molar-refractivity contribution is 6.15. The molecule has 3 heterocycles. The van der Waals surface area contributed by atoms with E-state index < -0.39 is 29.4 Å². The van der Waals surface area contributed by atoms with E-state index >= 15 is 0 Å². The first-order valence-corrected chi connectivity index (χ1v) is 11.1. The van der Waals surface area contributed by atoms with Crippen LogP contribution >= 0.6 is 0 Å². The van der Waals surface area contributed by atoms with E-state index in [1.807, 2.05) is 49.4 Å². The average molecular weight is 447 g/mol. The number of carbonyl (C=O) groups excluding carboxylic acids is 3. The molecule has 0 aromatic heterocycles. The Bertz CT molecular complexity index is 1160. The fourth-order valence-corrected chi connectivity index (χ4v) is 5.67. The number of hydrogen-bond acceptors (Lipinski definition) is 5. The number of aryl methyl sites for hydroxylation is 1. The SMILES string of the molecule is Cc1cccc2c1NC(=O)[C@]21N[C@H](CCC(=O)O)[C@H]2C(=O)N(CCc3ccccc3)C(=O)[C@H]21. The van der Waals surface area contributed by atoms with E-state index in [1.54, 1.807) is 6.07 Å². The highest BCUT2D eigenvalue weighted by Gasteiger charge is 2.70. The van der Waals surface area contributed by atoms with Crippen molar-refractivity contribution < 1.29 is 24.3 Å². The Kier molecular flexibility index (Phi) is 5.05. The van der Waals surface area contributed by atoms with Gasteiger partial charge in [0.15, 0.2) is 0 Å². The minimum Gasteiger partial charge on any atom is -0.481 e. The number of carboxylic acid groups (broad SMARTS) is 1. The van der Waals surface area contributed by atoms with Gasteiger partial charge in [-0.3, -0.25) is 29.4 Å². The van der Waals surface area contributed by atoms with Crippen molar-refractivity contribution in [3.05, 3.63) is 65.2 Å². The lowest BCUT2D eigenvalue weighted by atomic mass is 9.76. The number of benzene rings is 2. The summed E-state index contributed by atoms with van der Waals surface area (Å²) in [5.74, 6) is -3.78. The lowest BCUT2D eigenvalue weighted by molar-refractivity contribution is -0.143. The summed E-state index contributed by atoms with van der Waals surface area (Å²) in [7, 11) is 0. The molecule has 33 heavy (non-hydrogen) atoms. The lowest BCUT2D eigenvalue weighted by Crippen LogP contribution is -2.53. The zero-order chi connectivity index (χ0) is 23.3. The van der Waals surface area contributed by atoms with Crippen LogP contribution in [0.1, 0.15) is 29.5 Å². The summed E-state index contributed by atoms with van der Waals surface area (Å²) in [6.45, 7) is 2.10. The van der Waals surface area contributed by atoms with Crippen molar-refractivity contribution in [1.82, 2.24) is 10.2 Å². The van der Waals surface area contributed by atoms with Gasteiger partial charge in [-0.2, -0.15) is 0 Å². The Balaban J connectivity index is 1.53. The van der Waals surface area contributed by atoms with Crippen LogP contribution in [0.25, 0.3) is 0 Å². The first kappa shape index (κ1) is 21.3. The highest BCUT2D eigenvalue weighted by atomic mass is 16.4. The van der Waals surface area contributed by atoms with Crippen LogP contribution in [0.2, 0.25) is 0 Å². The maximum Gasteiger partial charge on any atom is 0.303 e. The summed E-state index contributed by atoms with van der Waals surface area (Å²) < 4.78 is 0. The normalized spacial score (nSPS) is 27.7. The molecule has 5 rings (SSSR count). The molecule has 1 spiro atoms. The third-order valence-corrected chi connectivity index (χ3v) is 7.19. The van der Waals surface area contributed by atoms with Gasteiger partial charge in [0, 0.05) is 30.3 Å². The molecule has 170 valence electrons. The molecule has 2 saturated heterocycles. The van der Waals surface area contributed by atoms with Crippen LogP contribution in [0.15, 0.2) is 48.5 Å². The number of likely N-dealkylation sites (tertiary alicyclic amines) is 1. The van der Waals surface area contributed by atoms with Gasteiger partial charge in [-0.15, -0.1) is 0 Å². The number of fused-ring (bicyclic) bond motifs is 4. The number of nitrogens with zero attached hydrogens (tertiary/aromatic N) is 1. The zero-order valence-corrected chi connectivity index (χ0v) is 18.2. The standard InChI is InChI=1S/C25H25N3O5/c1-14-6-5-9-16-21(14)26-24(33)25(16)20-19(17(27-25)10-11-18(29)30)22(31)28(23(20)32)13-12-15-7-3-2-4-8-15/h2-9,17,19-20,27H,10-13H2,1H3,(H,26,33)(H,29,30)/t17-,19-,20+,25+/m1/s1. The van der Waals surface area contributed by atoms with E-state index in [9.17, 15) is 24.3 Å². The van der Waals surface area contributed by atoms with Crippen LogP contribution in [0.5, 0.6) is 0 Å². The molecular weight excluding hydrogens is 422 g/mol. The topological polar surface area (TPSA) is 116 Å². The highest BCUT2D eigenvalue weighted by Crippen LogP contribution is 2.54. The smallest absolute Gasteiger partial charge is 0.303 e. The Morgan fingerprint density at radius 2 is 1.82 bits per heavy atom. The summed E-state index contributed by atoms with van der Waals surface area (Å²) in [5.41, 5.74) is 1.78. The number of para-hydroxylation sites is 1. The summed E-state index contributed by atoms with van der Waals surface area (Å²) in [5, 5.41) is 15.4. The molecular formula is C25H25N3O5. The van der Waals surface area contributed by atoms with Gasteiger partial charge in [-0.1, -0.05) is 48.5 Å². The van der Waals surface area contributed by atoms with E-state index in [2.05, 4.69) is 10.6 Å². The number of aliphatic carboxylic acids is 1. The van der Waals surface area contributed by atoms with Crippen molar-refractivity contribution in [3.8, 4) is 0 Å². The number of hydrogen-bond donors (Lipinski definition) is 3. The van der Waals surface area contributed by atoms with Crippen LogP contribution in [0.4, 0.5) is 5.69 Å². The van der Waals surface area contributed by atoms with Gasteiger partial charge < -0.3 is 10.4 Å². The van der Waals surface area contributed by atoms with E-state index in [4.69, 9.17) is 0 Å². The molecule has 2 aromatic rings. The van der Waals surface area contributed by atoms with Gasteiger partial charge in [0.1, 0.15) is 5.54 Å². The van der Waals surface area contributed by atoms with Crippen molar-refractivity contribution in [2.24, 2.45) is 11.8 Å². The van der Waals surface area contributed by atoms with Gasteiger partial charge in [-0.25, -0.2) is 0 Å². The third-order valence-electron chi connectivity index (χ3n) is 7.19. The molecule has 4 atom stereocenters. The molecule has 3 N–H and O–H groups in total. The second-order valence-corrected chi connectivity index (χ2v) is 9.01. The maximum absolute atomic E-state index is 13.7. The molecule has 8 heteroatoms. The van der Waals surface area contributed by atoms with E-state index in [0.29, 0.717) is 17.7 Å². The van der Waals surface area contributed by atoms with Crippen molar-refractivity contribution in [1.29, 1.82) is 0 Å². The van der Waals surface area contributed by atoms with Crippen molar-refractivity contribution in [3.63, 3.8) is 0 Å². The molecule has 0 bridgehead atoms. The number of nitrogens with one attached hydrogen (secondary N) is 2. The lowest BCUT2D eigenvalue weighted by Gasteiger charge is -2.29. The van der Waals surface area contributed by atoms with Gasteiger partial charge in [0.05, 0.1) is 11.8 Å². The first-order valence-electron chi connectivity index (χ1n) is 11.1. The number of carbonyl (C=O) groups is 4. The Labute approximate surface area is 191 Å². The number of amides is 3. The van der Waals surface area contributed by atoms with E-state index in [-0.39, 0.29) is 37.1 Å². The van der Waals surface area contributed by atoms with Gasteiger partial charge in [0.2, 0.25) is 17.7 Å². The minimum absolute atomic E-state index is 0.151. The largest absolute Gasteiger partial charge is 0.481 e. The fourth-order valence-electron chi connectivity index (χ4n) is 5.67. The predicted octanol–water partition coefficient (Wildman–Crippen LogP) is 1.82. The molecule has 3 aliphatic heterocycles. The van der Waals surface area contributed by atoms with E-state index in [1.165, 1.54) is 4.90 Å². The quantitative estimate of drug-likeness (QED) is 0.582. The van der Waals surface area contributed by atoms with Crippen LogP contribution in [0, 0.1) is 18.8 Å². The van der Waals surface area contributed by atoms with Crippen molar-refractivity contribution in [2.45, 2.75) is 37.8 Å². The van der Waals surface area contributed by atoms with Gasteiger partial charge >= 0.3 is 5.97 Å². The molecule has 0 radical (unpaired) electrons. The number of carboxylic acids is 1. The van der Waals surface area contributed by atoms with Gasteiger partial charge in [0.25, 0.3) is 0 Å². The molecule has 3 aliphatic rings. The second-order valence-electron chi connectivity index (χ2n) is 9.01. The van der Waals surface area contributed by atoms with Crippen molar-refractivity contribution in [2.75, 3.05) is 11.9 Å². The fraction of sp³-hybridized carbons (Fsp3) is 0.360. The van der Waals surface area contributed by atoms with Crippen LogP contribution < -0.4 is 10.6 Å². The first-order chi connectivity index (χ1) is 15.8. The molecule has 0 unspecified atom stereocenters. The summed E-state index contributed by atoms with van der Waals surface area (Å²) >= 11 is 0. The minimum atomic E-state index is -1.39. The average Bonchev–Trinajstić information content (AvgIpc) is 3.38. The molecule has 3 amide bonds. The Morgan fingerprint density at radius 1 is 1.06 bits per heavy atom. The zero-order valence-electron chi connectivity index (χ0n) is 18.2. The molecule has 2 aromatic carbocycles. The predicted molar refractivity (Wildman–Crippen MR) is 119 cm³/mol.